The standard InChI is InChI=1S/C29H42N6O2/c1-9-10-18(3)32-25-22(15-30)21(26(36)31-16-23-17(2)11-19(4)33-27(23)37)12-24(34-25)20-13-28(5,6)35-29(7,8)14-20/h11-13,15,18,30,35H,9-10,14,16H2,1-8H3,(H,31,36)(H,32,34)(H,33,37). The molecular weight excluding hydrogens is 464 g/mol. The van der Waals surface area contributed by atoms with Crippen LogP contribution in [-0.4, -0.2) is 39.2 Å². The topological polar surface area (TPSA) is 123 Å². The van der Waals surface area contributed by atoms with Crippen LogP contribution in [0.5, 0.6) is 0 Å². The van der Waals surface area contributed by atoms with Gasteiger partial charge in [-0.15, -0.1) is 0 Å². The van der Waals surface area contributed by atoms with E-state index in [1.54, 1.807) is 6.07 Å². The Morgan fingerprint density at radius 1 is 1.24 bits per heavy atom. The number of carbonyl (C=O) groups excluding carboxylic acids is 1. The fraction of sp³-hybridized carbons (Fsp3) is 0.517. The number of nitrogens with one attached hydrogen (secondary N) is 5. The molecule has 0 fully saturated rings. The number of hydrogen-bond acceptors (Lipinski definition) is 6. The number of pyridine rings is 2. The Morgan fingerprint density at radius 2 is 1.95 bits per heavy atom. The average Bonchev–Trinajstić information content (AvgIpc) is 2.75. The Bertz CT molecular complexity index is 1270. The molecule has 0 saturated heterocycles. The van der Waals surface area contributed by atoms with Crippen LogP contribution in [0.25, 0.3) is 5.57 Å². The number of amides is 1. The molecule has 2 aromatic rings. The van der Waals surface area contributed by atoms with Crippen molar-refractivity contribution in [1.82, 2.24) is 20.6 Å². The van der Waals surface area contributed by atoms with Gasteiger partial charge >= 0.3 is 0 Å². The van der Waals surface area contributed by atoms with Crippen LogP contribution in [-0.2, 0) is 6.54 Å². The largest absolute Gasteiger partial charge is 0.367 e. The highest BCUT2D eigenvalue weighted by Gasteiger charge is 2.33. The molecular formula is C29H42N6O2. The van der Waals surface area contributed by atoms with Gasteiger partial charge in [-0.3, -0.25) is 9.59 Å². The molecule has 0 radical (unpaired) electrons. The summed E-state index contributed by atoms with van der Waals surface area (Å²) in [5.74, 6) is 0.179. The minimum Gasteiger partial charge on any atom is -0.367 e. The molecule has 0 spiro atoms. The van der Waals surface area contributed by atoms with E-state index in [2.05, 4.69) is 68.6 Å². The van der Waals surface area contributed by atoms with E-state index in [0.717, 1.165) is 36.1 Å². The average molecular weight is 507 g/mol. The molecule has 1 atom stereocenters. The van der Waals surface area contributed by atoms with Gasteiger partial charge in [-0.1, -0.05) is 19.4 Å². The minimum atomic E-state index is -0.347. The summed E-state index contributed by atoms with van der Waals surface area (Å²) in [5.41, 5.74) is 4.09. The lowest BCUT2D eigenvalue weighted by Gasteiger charge is -2.41. The Kier molecular flexibility index (Phi) is 8.42. The third-order valence-corrected chi connectivity index (χ3v) is 6.63. The maximum absolute atomic E-state index is 13.5. The highest BCUT2D eigenvalue weighted by Crippen LogP contribution is 2.34. The predicted octanol–water partition coefficient (Wildman–Crippen LogP) is 4.85. The molecule has 1 unspecified atom stereocenters. The number of aromatic amines is 1. The highest BCUT2D eigenvalue weighted by atomic mass is 16.1. The van der Waals surface area contributed by atoms with E-state index in [0.29, 0.717) is 28.2 Å². The number of rotatable bonds is 9. The number of H-pyrrole nitrogens is 1. The Balaban J connectivity index is 2.07. The summed E-state index contributed by atoms with van der Waals surface area (Å²) in [5, 5.41) is 18.1. The molecule has 3 rings (SSSR count). The van der Waals surface area contributed by atoms with Crippen molar-refractivity contribution < 1.29 is 4.79 Å². The first kappa shape index (κ1) is 28.3. The lowest BCUT2D eigenvalue weighted by Crippen LogP contribution is -2.53. The predicted molar refractivity (Wildman–Crippen MR) is 152 cm³/mol. The third kappa shape index (κ3) is 6.95. The molecule has 8 nitrogen and oxygen atoms in total. The van der Waals surface area contributed by atoms with Crippen molar-refractivity contribution in [2.45, 2.75) is 98.3 Å². The normalized spacial score (nSPS) is 17.0. The number of carbonyl (C=O) groups is 1. The van der Waals surface area contributed by atoms with Crippen LogP contribution in [0.2, 0.25) is 0 Å². The maximum atomic E-state index is 13.5. The van der Waals surface area contributed by atoms with E-state index >= 15 is 0 Å². The van der Waals surface area contributed by atoms with E-state index in [-0.39, 0.29) is 35.1 Å². The van der Waals surface area contributed by atoms with E-state index in [4.69, 9.17) is 10.4 Å². The zero-order valence-electron chi connectivity index (χ0n) is 23.5. The third-order valence-electron chi connectivity index (χ3n) is 6.63. The zero-order chi connectivity index (χ0) is 27.5. The molecule has 0 aromatic carbocycles. The molecule has 1 aliphatic heterocycles. The first-order valence-corrected chi connectivity index (χ1v) is 13.1. The van der Waals surface area contributed by atoms with Crippen molar-refractivity contribution in [3.8, 4) is 0 Å². The van der Waals surface area contributed by atoms with Crippen molar-refractivity contribution in [1.29, 1.82) is 5.41 Å². The minimum absolute atomic E-state index is 0.0943. The number of aryl methyl sites for hydroxylation is 2. The highest BCUT2D eigenvalue weighted by molar-refractivity contribution is 6.05. The molecule has 0 aliphatic carbocycles. The fourth-order valence-electron chi connectivity index (χ4n) is 5.35. The number of hydrogen-bond donors (Lipinski definition) is 5. The van der Waals surface area contributed by atoms with Crippen molar-refractivity contribution in [2.75, 3.05) is 5.32 Å². The maximum Gasteiger partial charge on any atom is 0.253 e. The van der Waals surface area contributed by atoms with Crippen LogP contribution in [0.1, 0.15) is 99.2 Å². The Hall–Kier alpha value is -3.26. The number of aromatic nitrogens is 2. The number of anilines is 1. The molecule has 5 N–H and O–H groups in total. The van der Waals surface area contributed by atoms with Gasteiger partial charge in [0, 0.05) is 46.7 Å². The van der Waals surface area contributed by atoms with Crippen LogP contribution in [0.3, 0.4) is 0 Å². The van der Waals surface area contributed by atoms with E-state index < -0.39 is 0 Å². The van der Waals surface area contributed by atoms with Gasteiger partial charge in [0.05, 0.1) is 11.3 Å². The molecule has 2 aromatic heterocycles. The Morgan fingerprint density at radius 3 is 2.54 bits per heavy atom. The first-order valence-electron chi connectivity index (χ1n) is 13.1. The molecule has 3 heterocycles. The lowest BCUT2D eigenvalue weighted by molar-refractivity contribution is 0.0950. The van der Waals surface area contributed by atoms with Gasteiger partial charge in [0.15, 0.2) is 0 Å². The van der Waals surface area contributed by atoms with E-state index in [9.17, 15) is 9.59 Å². The summed E-state index contributed by atoms with van der Waals surface area (Å²) in [6.45, 7) is 16.5. The van der Waals surface area contributed by atoms with Gasteiger partial charge in [-0.05, 0) is 84.6 Å². The van der Waals surface area contributed by atoms with Crippen LogP contribution < -0.4 is 21.5 Å². The van der Waals surface area contributed by atoms with Crippen LogP contribution in [0.4, 0.5) is 5.82 Å². The van der Waals surface area contributed by atoms with Crippen LogP contribution in [0, 0.1) is 19.3 Å². The molecule has 200 valence electrons. The van der Waals surface area contributed by atoms with Crippen molar-refractivity contribution in [3.63, 3.8) is 0 Å². The zero-order valence-corrected chi connectivity index (χ0v) is 23.5. The summed E-state index contributed by atoms with van der Waals surface area (Å²) in [7, 11) is 0. The lowest BCUT2D eigenvalue weighted by atomic mass is 9.82. The summed E-state index contributed by atoms with van der Waals surface area (Å²) in [4.78, 5) is 33.7. The molecule has 0 saturated carbocycles. The first-order chi connectivity index (χ1) is 17.2. The van der Waals surface area contributed by atoms with Gasteiger partial charge in [-0.2, -0.15) is 0 Å². The second kappa shape index (κ2) is 11.0. The van der Waals surface area contributed by atoms with Crippen LogP contribution in [0.15, 0.2) is 23.0 Å². The summed E-state index contributed by atoms with van der Waals surface area (Å²) in [6.07, 6.45) is 6.04. The van der Waals surface area contributed by atoms with Crippen molar-refractivity contribution >= 4 is 23.5 Å². The van der Waals surface area contributed by atoms with Gasteiger partial charge in [0.2, 0.25) is 0 Å². The summed E-state index contributed by atoms with van der Waals surface area (Å²) >= 11 is 0. The monoisotopic (exact) mass is 506 g/mol. The second-order valence-electron chi connectivity index (χ2n) is 11.5. The van der Waals surface area contributed by atoms with Gasteiger partial charge in [0.1, 0.15) is 5.82 Å². The molecule has 1 amide bonds. The van der Waals surface area contributed by atoms with Crippen molar-refractivity contribution in [2.24, 2.45) is 0 Å². The molecule has 37 heavy (non-hydrogen) atoms. The Labute approximate surface area is 220 Å². The van der Waals surface area contributed by atoms with E-state index in [1.807, 2.05) is 19.9 Å². The number of nitrogens with zero attached hydrogens (tertiary/aromatic N) is 1. The van der Waals surface area contributed by atoms with Gasteiger partial charge in [0.25, 0.3) is 11.5 Å². The van der Waals surface area contributed by atoms with Crippen LogP contribution >= 0.6 is 0 Å². The smallest absolute Gasteiger partial charge is 0.253 e. The SMILES string of the molecule is CCCC(C)Nc1nc(C2=CC(C)(C)NC(C)(C)C2)cc(C(=O)NCc2c(C)cc(C)[nH]c2=O)c1C=N. The molecule has 1 aliphatic rings. The molecule has 8 heteroatoms. The quantitative estimate of drug-likeness (QED) is 0.311. The second-order valence-corrected chi connectivity index (χ2v) is 11.5. The van der Waals surface area contributed by atoms with Crippen molar-refractivity contribution in [3.05, 3.63) is 62.2 Å². The fourth-order valence-corrected chi connectivity index (χ4v) is 5.35. The van der Waals surface area contributed by atoms with Gasteiger partial charge in [-0.25, -0.2) is 4.98 Å². The van der Waals surface area contributed by atoms with Gasteiger partial charge < -0.3 is 26.3 Å². The molecule has 0 bridgehead atoms. The van der Waals surface area contributed by atoms with E-state index in [1.165, 1.54) is 6.21 Å². The summed E-state index contributed by atoms with van der Waals surface area (Å²) in [6, 6.07) is 3.80. The summed E-state index contributed by atoms with van der Waals surface area (Å²) < 4.78 is 0.